The summed E-state index contributed by atoms with van der Waals surface area (Å²) in [6.45, 7) is 8.70. The summed E-state index contributed by atoms with van der Waals surface area (Å²) in [6, 6.07) is 11.8. The molecule has 3 heterocycles. The molecule has 0 saturated carbocycles. The monoisotopic (exact) mass is 678 g/mol. The Hall–Kier alpha value is -3.68. The maximum absolute atomic E-state index is 14.1. The molecule has 1 fully saturated rings. The third-order valence-electron chi connectivity index (χ3n) is 8.84. The summed E-state index contributed by atoms with van der Waals surface area (Å²) >= 11 is 1.55. The second-order valence-corrected chi connectivity index (χ2v) is 13.4. The molecule has 3 atom stereocenters. The first-order valence-electron chi connectivity index (χ1n) is 16.6. The number of β-amino-alcohol motifs (C(OH)–C–C–N with tert-alkyl or cyclic N) is 1. The molecule has 2 aromatic carbocycles. The molecule has 5 rings (SSSR count). The van der Waals surface area contributed by atoms with Gasteiger partial charge in [-0.1, -0.05) is 44.2 Å². The molecule has 3 aromatic rings. The van der Waals surface area contributed by atoms with Crippen molar-refractivity contribution >= 4 is 28.9 Å². The normalized spacial score (nSPS) is 18.1. The van der Waals surface area contributed by atoms with Gasteiger partial charge in [-0.05, 0) is 48.1 Å². The smallest absolute Gasteiger partial charge is 0.255 e. The van der Waals surface area contributed by atoms with Crippen LogP contribution in [-0.4, -0.2) is 102 Å². The third kappa shape index (κ3) is 8.30. The Morgan fingerprint density at radius 3 is 2.54 bits per heavy atom. The fourth-order valence-electron chi connectivity index (χ4n) is 6.47. The Bertz CT molecular complexity index is 1580. The number of amides is 2. The number of thiazole rings is 1. The Morgan fingerprint density at radius 2 is 1.83 bits per heavy atom. The van der Waals surface area contributed by atoms with Gasteiger partial charge in [0.25, 0.3) is 5.91 Å². The van der Waals surface area contributed by atoms with Crippen molar-refractivity contribution in [3.05, 3.63) is 70.4 Å². The van der Waals surface area contributed by atoms with E-state index in [0.29, 0.717) is 63.9 Å². The van der Waals surface area contributed by atoms with Crippen molar-refractivity contribution in [2.45, 2.75) is 64.8 Å². The van der Waals surface area contributed by atoms with Gasteiger partial charge in [0.2, 0.25) is 5.91 Å². The van der Waals surface area contributed by atoms with E-state index in [2.05, 4.69) is 4.98 Å². The van der Waals surface area contributed by atoms with Crippen molar-refractivity contribution in [3.8, 4) is 16.2 Å². The van der Waals surface area contributed by atoms with Crippen LogP contribution in [0.5, 0.6) is 5.75 Å². The van der Waals surface area contributed by atoms with E-state index in [1.54, 1.807) is 22.3 Å². The minimum Gasteiger partial charge on any atom is -0.491 e. The van der Waals surface area contributed by atoms with Crippen LogP contribution < -0.4 is 10.5 Å². The van der Waals surface area contributed by atoms with Crippen LogP contribution in [0.15, 0.2) is 48.0 Å². The summed E-state index contributed by atoms with van der Waals surface area (Å²) in [4.78, 5) is 49.7. The number of aryl methyl sites for hydroxylation is 2. The van der Waals surface area contributed by atoms with E-state index < -0.39 is 18.2 Å². The fraction of sp³-hybridized carbons (Fsp3) is 0.500. The van der Waals surface area contributed by atoms with Crippen LogP contribution in [-0.2, 0) is 32.0 Å². The average molecular weight is 679 g/mol. The van der Waals surface area contributed by atoms with E-state index in [1.807, 2.05) is 62.7 Å². The van der Waals surface area contributed by atoms with Crippen molar-refractivity contribution in [1.82, 2.24) is 14.8 Å². The van der Waals surface area contributed by atoms with Crippen molar-refractivity contribution < 1.29 is 33.7 Å². The van der Waals surface area contributed by atoms with Crippen molar-refractivity contribution in [2.75, 3.05) is 46.1 Å². The second-order valence-electron chi connectivity index (χ2n) is 12.6. The summed E-state index contributed by atoms with van der Waals surface area (Å²) in [5, 5.41) is 10.6. The molecule has 3 N–H and O–H groups in total. The van der Waals surface area contributed by atoms with Gasteiger partial charge < -0.3 is 34.9 Å². The minimum absolute atomic E-state index is 0.0575. The third-order valence-corrected chi connectivity index (χ3v) is 9.82. The number of aliphatic hydroxyl groups is 1. The molecule has 1 saturated heterocycles. The van der Waals surface area contributed by atoms with Crippen molar-refractivity contribution in [1.29, 1.82) is 0 Å². The molecule has 2 amide bonds. The predicted molar refractivity (Wildman–Crippen MR) is 183 cm³/mol. The highest BCUT2D eigenvalue weighted by molar-refractivity contribution is 7.13. The number of aromatic nitrogens is 1. The number of rotatable bonds is 17. The molecule has 0 aliphatic carbocycles. The topological polar surface area (TPSA) is 145 Å². The second kappa shape index (κ2) is 16.6. The van der Waals surface area contributed by atoms with Crippen LogP contribution in [0.25, 0.3) is 10.4 Å². The molecule has 12 heteroatoms. The highest BCUT2D eigenvalue weighted by Gasteiger charge is 2.45. The molecule has 2 aliphatic rings. The van der Waals surface area contributed by atoms with E-state index in [4.69, 9.17) is 19.9 Å². The highest BCUT2D eigenvalue weighted by Crippen LogP contribution is 2.34. The number of carbonyl (C=O) groups excluding carboxylic acids is 3. The lowest BCUT2D eigenvalue weighted by atomic mass is 9.97. The zero-order valence-corrected chi connectivity index (χ0v) is 28.7. The van der Waals surface area contributed by atoms with Crippen LogP contribution in [0, 0.1) is 12.8 Å². The SMILES string of the molecule is Cc1ncsc1-c1ccc(CCC(=O)[C@@H]2C[C@@H](O)CN2C(=O)[C@H](C(C)C)N2Cc3ccccc3C2=O)c(OCCOCCOCCN)c1. The lowest BCUT2D eigenvalue weighted by Gasteiger charge is -2.35. The number of aliphatic hydroxyl groups excluding tert-OH is 1. The number of hydrogen-bond acceptors (Lipinski definition) is 10. The molecule has 258 valence electrons. The predicted octanol–water partition coefficient (Wildman–Crippen LogP) is 3.63. The zero-order chi connectivity index (χ0) is 34.2. The summed E-state index contributed by atoms with van der Waals surface area (Å²) < 4.78 is 17.2. The summed E-state index contributed by atoms with van der Waals surface area (Å²) in [6.07, 6.45) is -0.0930. The van der Waals surface area contributed by atoms with E-state index in [9.17, 15) is 19.5 Å². The fourth-order valence-corrected chi connectivity index (χ4v) is 7.27. The molecule has 0 unspecified atom stereocenters. The van der Waals surface area contributed by atoms with Gasteiger partial charge in [-0.3, -0.25) is 14.4 Å². The molecular formula is C36H46N4O7S. The summed E-state index contributed by atoms with van der Waals surface area (Å²) in [5.74, 6) is -0.153. The first kappa shape index (κ1) is 35.6. The molecule has 0 spiro atoms. The number of carbonyl (C=O) groups is 3. The molecule has 0 bridgehead atoms. The molecule has 1 aromatic heterocycles. The molecule has 2 aliphatic heterocycles. The van der Waals surface area contributed by atoms with Gasteiger partial charge in [-0.15, -0.1) is 11.3 Å². The Morgan fingerprint density at radius 1 is 1.08 bits per heavy atom. The maximum Gasteiger partial charge on any atom is 0.255 e. The van der Waals surface area contributed by atoms with Crippen LogP contribution >= 0.6 is 11.3 Å². The van der Waals surface area contributed by atoms with E-state index in [1.165, 1.54) is 4.90 Å². The quantitative estimate of drug-likeness (QED) is 0.205. The Labute approximate surface area is 286 Å². The van der Waals surface area contributed by atoms with Gasteiger partial charge in [0.1, 0.15) is 18.4 Å². The van der Waals surface area contributed by atoms with Crippen molar-refractivity contribution in [3.63, 3.8) is 0 Å². The lowest BCUT2D eigenvalue weighted by molar-refractivity contribution is -0.142. The molecule has 11 nitrogen and oxygen atoms in total. The highest BCUT2D eigenvalue weighted by atomic mass is 32.1. The van der Waals surface area contributed by atoms with Gasteiger partial charge in [-0.25, -0.2) is 4.98 Å². The number of ether oxygens (including phenoxy) is 3. The summed E-state index contributed by atoms with van der Waals surface area (Å²) in [5.41, 5.74) is 11.5. The van der Waals surface area contributed by atoms with Crippen LogP contribution in [0.2, 0.25) is 0 Å². The first-order chi connectivity index (χ1) is 23.2. The van der Waals surface area contributed by atoms with Gasteiger partial charge in [-0.2, -0.15) is 0 Å². The van der Waals surface area contributed by atoms with Gasteiger partial charge >= 0.3 is 0 Å². The maximum atomic E-state index is 14.1. The number of Topliss-reactive ketones (excluding diaryl/α,β-unsaturated/α-hetero) is 1. The van der Waals surface area contributed by atoms with E-state index in [-0.39, 0.29) is 42.9 Å². The average Bonchev–Trinajstić information content (AvgIpc) is 3.78. The van der Waals surface area contributed by atoms with E-state index >= 15 is 0 Å². The summed E-state index contributed by atoms with van der Waals surface area (Å²) in [7, 11) is 0. The van der Waals surface area contributed by atoms with Crippen LogP contribution in [0.1, 0.15) is 53.9 Å². The lowest BCUT2D eigenvalue weighted by Crippen LogP contribution is -2.54. The standard InChI is InChI=1S/C36H46N4O7S/c1-23(2)33(40-20-27-6-4-5-7-29(27)35(40)43)36(44)39-21-28(41)19-30(39)31(42)11-10-25-8-9-26(34-24(3)38-22-48-34)18-32(25)47-17-16-46-15-14-45-13-12-37/h4-9,18,22-23,28,30,33,41H,10-17,19-21,37H2,1-3H3/t28-,30+,33+/m1/s1. The zero-order valence-electron chi connectivity index (χ0n) is 27.9. The number of nitrogens with two attached hydrogens (primary N) is 1. The van der Waals surface area contributed by atoms with Crippen LogP contribution in [0.4, 0.5) is 0 Å². The molecule has 0 radical (unpaired) electrons. The van der Waals surface area contributed by atoms with E-state index in [0.717, 1.165) is 27.3 Å². The van der Waals surface area contributed by atoms with Gasteiger partial charge in [0.15, 0.2) is 5.78 Å². The first-order valence-corrected chi connectivity index (χ1v) is 17.5. The molecule has 48 heavy (non-hydrogen) atoms. The van der Waals surface area contributed by atoms with Gasteiger partial charge in [0, 0.05) is 38.0 Å². The Kier molecular flexibility index (Phi) is 12.3. The number of hydrogen-bond donors (Lipinski definition) is 2. The number of nitrogens with zero attached hydrogens (tertiary/aromatic N) is 3. The van der Waals surface area contributed by atoms with Gasteiger partial charge in [0.05, 0.1) is 54.7 Å². The number of benzene rings is 2. The Balaban J connectivity index is 1.26. The number of likely N-dealkylation sites (tertiary alicyclic amines) is 1. The molecular weight excluding hydrogens is 632 g/mol. The largest absolute Gasteiger partial charge is 0.491 e. The minimum atomic E-state index is -0.816. The van der Waals surface area contributed by atoms with Crippen LogP contribution in [0.3, 0.4) is 0 Å². The van der Waals surface area contributed by atoms with Crippen molar-refractivity contribution in [2.24, 2.45) is 11.7 Å². The number of ketones is 1. The number of fused-ring (bicyclic) bond motifs is 1.